The molecule has 1 aliphatic carbocycles. The highest BCUT2D eigenvalue weighted by Gasteiger charge is 2.03. The molecule has 3 rings (SSSR count). The minimum Gasteiger partial charge on any atom is -0.506 e. The highest BCUT2D eigenvalue weighted by molar-refractivity contribution is 5.84. The van der Waals surface area contributed by atoms with Gasteiger partial charge in [0, 0.05) is 11.9 Å². The van der Waals surface area contributed by atoms with E-state index in [4.69, 9.17) is 0 Å². The molecule has 102 valence electrons. The van der Waals surface area contributed by atoms with E-state index >= 15 is 0 Å². The number of fused-ring (bicyclic) bond motifs is 1. The Balaban J connectivity index is 1.60. The second-order valence-electron chi connectivity index (χ2n) is 5.00. The van der Waals surface area contributed by atoms with Crippen LogP contribution in [-0.4, -0.2) is 16.6 Å². The fourth-order valence-corrected chi connectivity index (χ4v) is 2.41. The van der Waals surface area contributed by atoms with Gasteiger partial charge in [0.2, 0.25) is 0 Å². The van der Waals surface area contributed by atoms with Gasteiger partial charge in [-0.05, 0) is 31.5 Å². The van der Waals surface area contributed by atoms with Gasteiger partial charge in [-0.3, -0.25) is 0 Å². The molecule has 2 N–H and O–H groups in total. The molecule has 1 aromatic heterocycles. The number of hydrogen-bond acceptors (Lipinski definition) is 3. The van der Waals surface area contributed by atoms with E-state index in [-0.39, 0.29) is 5.75 Å². The smallest absolute Gasteiger partial charge is 0.141 e. The van der Waals surface area contributed by atoms with Gasteiger partial charge >= 0.3 is 0 Å². The summed E-state index contributed by atoms with van der Waals surface area (Å²) in [5.74, 6) is 0.241. The van der Waals surface area contributed by atoms with Gasteiger partial charge in [0.15, 0.2) is 0 Å². The van der Waals surface area contributed by atoms with Gasteiger partial charge < -0.3 is 10.4 Å². The van der Waals surface area contributed by atoms with Crippen molar-refractivity contribution in [1.82, 2.24) is 10.3 Å². The first-order chi connectivity index (χ1) is 9.83. The summed E-state index contributed by atoms with van der Waals surface area (Å²) in [6, 6.07) is 9.47. The minimum atomic E-state index is 0.241. The summed E-state index contributed by atoms with van der Waals surface area (Å²) in [7, 11) is 0. The van der Waals surface area contributed by atoms with Crippen LogP contribution in [0.4, 0.5) is 0 Å². The molecule has 0 fully saturated rings. The highest BCUT2D eigenvalue weighted by Crippen LogP contribution is 2.22. The van der Waals surface area contributed by atoms with E-state index in [0.29, 0.717) is 5.52 Å². The Morgan fingerprint density at radius 1 is 1.20 bits per heavy atom. The Morgan fingerprint density at radius 2 is 2.15 bits per heavy atom. The molecule has 1 aliphatic rings. The number of nitrogens with one attached hydrogen (secondary N) is 1. The number of phenolic OH excluding ortho intramolecular Hbond substituents is 1. The summed E-state index contributed by atoms with van der Waals surface area (Å²) in [6.45, 7) is 1.66. The first-order valence-corrected chi connectivity index (χ1v) is 6.97. The number of pyridine rings is 1. The molecule has 0 aliphatic heterocycles. The molecule has 3 nitrogen and oxygen atoms in total. The van der Waals surface area contributed by atoms with Crippen molar-refractivity contribution in [3.63, 3.8) is 0 Å². The van der Waals surface area contributed by atoms with Crippen molar-refractivity contribution in [2.75, 3.05) is 6.54 Å². The van der Waals surface area contributed by atoms with E-state index < -0.39 is 0 Å². The average Bonchev–Trinajstić information content (AvgIpc) is 2.98. The van der Waals surface area contributed by atoms with Crippen molar-refractivity contribution in [3.8, 4) is 5.75 Å². The van der Waals surface area contributed by atoms with Crippen molar-refractivity contribution in [3.05, 3.63) is 59.8 Å². The monoisotopic (exact) mass is 266 g/mol. The molecule has 0 spiro atoms. The predicted octanol–water partition coefficient (Wildman–Crippen LogP) is 3.31. The van der Waals surface area contributed by atoms with E-state index in [9.17, 15) is 5.11 Å². The second-order valence-corrected chi connectivity index (χ2v) is 5.00. The Kier molecular flexibility index (Phi) is 3.79. The lowest BCUT2D eigenvalue weighted by Gasteiger charge is -2.06. The van der Waals surface area contributed by atoms with E-state index in [1.807, 2.05) is 24.3 Å². The number of rotatable bonds is 5. The zero-order valence-electron chi connectivity index (χ0n) is 11.3. The van der Waals surface area contributed by atoms with Crippen LogP contribution in [0.25, 0.3) is 10.9 Å². The summed E-state index contributed by atoms with van der Waals surface area (Å²) in [5.41, 5.74) is 3.03. The first kappa shape index (κ1) is 12.9. The number of nitrogens with zero attached hydrogens (tertiary/aromatic N) is 1. The molecule has 1 aromatic carbocycles. The van der Waals surface area contributed by atoms with Crippen LogP contribution in [0, 0.1) is 0 Å². The van der Waals surface area contributed by atoms with Crippen LogP contribution in [0.2, 0.25) is 0 Å². The maximum absolute atomic E-state index is 9.81. The third kappa shape index (κ3) is 2.89. The van der Waals surface area contributed by atoms with Crippen LogP contribution < -0.4 is 5.32 Å². The standard InChI is InChI=1S/C17H18N2O/c20-16-7-3-6-14-8-9-15(19-17(14)16)12-18-11-10-13-4-1-2-5-13/h1,3-9,18,20H,2,10-12H2. The molecule has 0 radical (unpaired) electrons. The Labute approximate surface area is 118 Å². The van der Waals surface area contributed by atoms with Crippen LogP contribution in [0.3, 0.4) is 0 Å². The number of aromatic hydroxyl groups is 1. The molecular weight excluding hydrogens is 248 g/mol. The van der Waals surface area contributed by atoms with Crippen molar-refractivity contribution in [2.24, 2.45) is 0 Å². The molecule has 1 heterocycles. The molecule has 20 heavy (non-hydrogen) atoms. The number of aromatic nitrogens is 1. The average molecular weight is 266 g/mol. The molecule has 0 bridgehead atoms. The quantitative estimate of drug-likeness (QED) is 0.816. The third-order valence-electron chi connectivity index (χ3n) is 3.50. The number of phenols is 1. The molecule has 2 aromatic rings. The zero-order chi connectivity index (χ0) is 13.8. The van der Waals surface area contributed by atoms with Gasteiger partial charge in [-0.15, -0.1) is 0 Å². The predicted molar refractivity (Wildman–Crippen MR) is 81.6 cm³/mol. The fourth-order valence-electron chi connectivity index (χ4n) is 2.41. The molecule has 0 saturated carbocycles. The maximum atomic E-state index is 9.81. The summed E-state index contributed by atoms with van der Waals surface area (Å²) in [4.78, 5) is 4.50. The number of hydrogen-bond donors (Lipinski definition) is 2. The lowest BCUT2D eigenvalue weighted by molar-refractivity contribution is 0.480. The van der Waals surface area contributed by atoms with Crippen LogP contribution >= 0.6 is 0 Å². The van der Waals surface area contributed by atoms with Crippen LogP contribution in [0.15, 0.2) is 54.1 Å². The van der Waals surface area contributed by atoms with Gasteiger partial charge in [-0.2, -0.15) is 0 Å². The topological polar surface area (TPSA) is 45.1 Å². The Morgan fingerprint density at radius 3 is 3.00 bits per heavy atom. The van der Waals surface area contributed by atoms with E-state index in [2.05, 4.69) is 28.5 Å². The third-order valence-corrected chi connectivity index (χ3v) is 3.50. The van der Waals surface area contributed by atoms with Crippen molar-refractivity contribution >= 4 is 10.9 Å². The van der Waals surface area contributed by atoms with Gasteiger partial charge in [0.25, 0.3) is 0 Å². The van der Waals surface area contributed by atoms with E-state index in [0.717, 1.165) is 37.0 Å². The van der Waals surface area contributed by atoms with Gasteiger partial charge in [0.05, 0.1) is 5.69 Å². The maximum Gasteiger partial charge on any atom is 0.141 e. The molecule has 0 unspecified atom stereocenters. The summed E-state index contributed by atoms with van der Waals surface area (Å²) < 4.78 is 0. The second kappa shape index (κ2) is 5.88. The number of allylic oxidation sites excluding steroid dienone is 3. The molecule has 0 saturated heterocycles. The normalized spacial score (nSPS) is 13.9. The van der Waals surface area contributed by atoms with Crippen LogP contribution in [0.5, 0.6) is 5.75 Å². The van der Waals surface area contributed by atoms with Gasteiger partial charge in [-0.25, -0.2) is 4.98 Å². The van der Waals surface area contributed by atoms with Crippen molar-refractivity contribution in [1.29, 1.82) is 0 Å². The lowest BCUT2D eigenvalue weighted by Crippen LogP contribution is -2.15. The SMILES string of the molecule is Oc1cccc2ccc(CNCCC3=CCC=C3)nc12. The highest BCUT2D eigenvalue weighted by atomic mass is 16.3. The summed E-state index contributed by atoms with van der Waals surface area (Å²) in [6.07, 6.45) is 8.75. The molecule has 3 heteroatoms. The number of para-hydroxylation sites is 1. The first-order valence-electron chi connectivity index (χ1n) is 6.97. The number of benzene rings is 1. The van der Waals surface area contributed by atoms with Crippen LogP contribution in [-0.2, 0) is 6.54 Å². The van der Waals surface area contributed by atoms with Gasteiger partial charge in [0.1, 0.15) is 11.3 Å². The van der Waals surface area contributed by atoms with E-state index in [1.54, 1.807) is 6.07 Å². The summed E-state index contributed by atoms with van der Waals surface area (Å²) >= 11 is 0. The Hall–Kier alpha value is -2.13. The van der Waals surface area contributed by atoms with E-state index in [1.165, 1.54) is 5.57 Å². The van der Waals surface area contributed by atoms with Crippen LogP contribution in [0.1, 0.15) is 18.5 Å². The minimum absolute atomic E-state index is 0.241. The fraction of sp³-hybridized carbons (Fsp3) is 0.235. The lowest BCUT2D eigenvalue weighted by atomic mass is 10.2. The summed E-state index contributed by atoms with van der Waals surface area (Å²) in [5, 5.41) is 14.2. The molecule has 0 atom stereocenters. The largest absolute Gasteiger partial charge is 0.506 e. The van der Waals surface area contributed by atoms with Crippen molar-refractivity contribution in [2.45, 2.75) is 19.4 Å². The molecule has 0 amide bonds. The zero-order valence-corrected chi connectivity index (χ0v) is 11.3. The molecular formula is C17H18N2O. The van der Waals surface area contributed by atoms with Crippen molar-refractivity contribution < 1.29 is 5.11 Å². The Bertz CT molecular complexity index is 674. The van der Waals surface area contributed by atoms with Gasteiger partial charge in [-0.1, -0.05) is 42.0 Å².